The van der Waals surface area contributed by atoms with Crippen LogP contribution in [0.5, 0.6) is 0 Å². The molecule has 0 spiro atoms. The third kappa shape index (κ3) is 3.25. The van der Waals surface area contributed by atoms with Crippen molar-refractivity contribution in [2.75, 3.05) is 13.6 Å². The second kappa shape index (κ2) is 6.17. The van der Waals surface area contributed by atoms with E-state index in [1.54, 1.807) is 0 Å². The Kier molecular flexibility index (Phi) is 5.05. The van der Waals surface area contributed by atoms with Gasteiger partial charge in [0, 0.05) is 31.6 Å². The van der Waals surface area contributed by atoms with E-state index in [1.807, 2.05) is 6.07 Å². The van der Waals surface area contributed by atoms with E-state index in [4.69, 9.17) is 16.9 Å². The smallest absolute Gasteiger partial charge is 0.258 e. The van der Waals surface area contributed by atoms with Crippen LogP contribution in [0.4, 0.5) is 5.69 Å². The Bertz CT molecular complexity index is 682. The highest BCUT2D eigenvalue weighted by Gasteiger charge is 2.25. The van der Waals surface area contributed by atoms with Gasteiger partial charge in [0.1, 0.15) is 0 Å². The van der Waals surface area contributed by atoms with E-state index < -0.39 is 14.9 Å². The third-order valence-corrected chi connectivity index (χ3v) is 4.96. The van der Waals surface area contributed by atoms with E-state index in [0.717, 1.165) is 10.4 Å². The Morgan fingerprint density at radius 1 is 1.50 bits per heavy atom. The van der Waals surface area contributed by atoms with Crippen LogP contribution >= 0.6 is 11.6 Å². The van der Waals surface area contributed by atoms with E-state index in [2.05, 4.69) is 0 Å². The zero-order valence-electron chi connectivity index (χ0n) is 10.8. The number of nitro benzene ring substituents is 1. The molecule has 0 saturated heterocycles. The molecular weight excluding hydrogens is 306 g/mol. The fourth-order valence-electron chi connectivity index (χ4n) is 1.49. The number of nitro groups is 1. The topological polar surface area (TPSA) is 104 Å². The maximum Gasteiger partial charge on any atom is 0.275 e. The van der Waals surface area contributed by atoms with Crippen LogP contribution in [0, 0.1) is 28.4 Å². The van der Waals surface area contributed by atoms with Crippen molar-refractivity contribution in [2.24, 2.45) is 0 Å². The van der Waals surface area contributed by atoms with Crippen molar-refractivity contribution >= 4 is 27.3 Å². The zero-order chi connectivity index (χ0) is 15.5. The maximum absolute atomic E-state index is 12.2. The molecule has 0 unspecified atom stereocenters. The van der Waals surface area contributed by atoms with Crippen molar-refractivity contribution in [1.29, 1.82) is 5.26 Å². The van der Waals surface area contributed by atoms with E-state index >= 15 is 0 Å². The number of rotatable bonds is 5. The minimum absolute atomic E-state index is 0.00186. The number of benzene rings is 1. The molecule has 9 heteroatoms. The second-order valence-corrected chi connectivity index (χ2v) is 6.49. The average Bonchev–Trinajstić information content (AvgIpc) is 2.38. The molecule has 0 N–H and O–H groups in total. The minimum Gasteiger partial charge on any atom is -0.258 e. The summed E-state index contributed by atoms with van der Waals surface area (Å²) in [5.74, 6) is 0. The van der Waals surface area contributed by atoms with Gasteiger partial charge in [0.25, 0.3) is 5.69 Å². The lowest BCUT2D eigenvalue weighted by molar-refractivity contribution is -0.385. The van der Waals surface area contributed by atoms with Crippen molar-refractivity contribution in [3.8, 4) is 6.07 Å². The van der Waals surface area contributed by atoms with Crippen LogP contribution in [0.15, 0.2) is 17.0 Å². The van der Waals surface area contributed by atoms with Crippen molar-refractivity contribution in [1.82, 2.24) is 4.31 Å². The van der Waals surface area contributed by atoms with Crippen LogP contribution in [0.25, 0.3) is 0 Å². The van der Waals surface area contributed by atoms with E-state index in [-0.39, 0.29) is 34.1 Å². The molecule has 0 aliphatic rings. The summed E-state index contributed by atoms with van der Waals surface area (Å²) in [6.07, 6.45) is 0.0252. The standard InChI is InChI=1S/C11H12ClN3O4S/c1-8-10(12)6-9(7-11(8)15(16)17)20(18,19)14(2)5-3-4-13/h6-7H,3,5H2,1-2H3. The molecule has 0 saturated carbocycles. The minimum atomic E-state index is -3.91. The van der Waals surface area contributed by atoms with Gasteiger partial charge in [-0.15, -0.1) is 0 Å². The summed E-state index contributed by atoms with van der Waals surface area (Å²) in [5, 5.41) is 19.4. The van der Waals surface area contributed by atoms with Gasteiger partial charge in [-0.1, -0.05) is 11.6 Å². The molecule has 1 rings (SSSR count). The molecule has 1 aromatic rings. The lowest BCUT2D eigenvalue weighted by Crippen LogP contribution is -2.28. The van der Waals surface area contributed by atoms with Crippen LogP contribution in [0.1, 0.15) is 12.0 Å². The fraction of sp³-hybridized carbons (Fsp3) is 0.364. The Labute approximate surface area is 121 Å². The first kappa shape index (κ1) is 16.4. The Hall–Kier alpha value is -1.69. The average molecular weight is 318 g/mol. The highest BCUT2D eigenvalue weighted by Crippen LogP contribution is 2.30. The van der Waals surface area contributed by atoms with Gasteiger partial charge in [0.05, 0.1) is 20.9 Å². The quantitative estimate of drug-likeness (QED) is 0.610. The van der Waals surface area contributed by atoms with Crippen LogP contribution in [-0.4, -0.2) is 31.2 Å². The van der Waals surface area contributed by atoms with E-state index in [0.29, 0.717) is 0 Å². The van der Waals surface area contributed by atoms with Crippen molar-refractivity contribution in [3.05, 3.63) is 32.8 Å². The van der Waals surface area contributed by atoms with Crippen molar-refractivity contribution in [3.63, 3.8) is 0 Å². The molecule has 0 aliphatic carbocycles. The molecule has 108 valence electrons. The molecule has 20 heavy (non-hydrogen) atoms. The highest BCUT2D eigenvalue weighted by molar-refractivity contribution is 7.89. The normalized spacial score (nSPS) is 11.3. The number of hydrogen-bond acceptors (Lipinski definition) is 5. The molecule has 0 radical (unpaired) electrons. The Morgan fingerprint density at radius 2 is 2.10 bits per heavy atom. The summed E-state index contributed by atoms with van der Waals surface area (Å²) < 4.78 is 25.4. The van der Waals surface area contributed by atoms with Crippen LogP contribution in [0.2, 0.25) is 5.02 Å². The third-order valence-electron chi connectivity index (χ3n) is 2.73. The number of nitriles is 1. The van der Waals surface area contributed by atoms with Gasteiger partial charge in [0.2, 0.25) is 10.0 Å². The van der Waals surface area contributed by atoms with Gasteiger partial charge in [-0.3, -0.25) is 10.1 Å². The van der Waals surface area contributed by atoms with Crippen LogP contribution in [0.3, 0.4) is 0 Å². The molecule has 0 fully saturated rings. The molecule has 0 heterocycles. The first-order chi connectivity index (χ1) is 9.21. The van der Waals surface area contributed by atoms with Crippen molar-refractivity contribution in [2.45, 2.75) is 18.2 Å². The van der Waals surface area contributed by atoms with Gasteiger partial charge in [0.15, 0.2) is 0 Å². The monoisotopic (exact) mass is 317 g/mol. The molecular formula is C11H12ClN3O4S. The Morgan fingerprint density at radius 3 is 2.60 bits per heavy atom. The molecule has 0 bridgehead atoms. The van der Waals surface area contributed by atoms with Gasteiger partial charge in [-0.2, -0.15) is 9.57 Å². The van der Waals surface area contributed by atoms with Gasteiger partial charge in [-0.25, -0.2) is 8.42 Å². The molecule has 0 atom stereocenters. The van der Waals surface area contributed by atoms with Crippen LogP contribution in [-0.2, 0) is 10.0 Å². The molecule has 0 aliphatic heterocycles. The van der Waals surface area contributed by atoms with Gasteiger partial charge in [-0.05, 0) is 13.0 Å². The molecule has 0 aromatic heterocycles. The summed E-state index contributed by atoms with van der Waals surface area (Å²) in [6, 6.07) is 3.97. The fourth-order valence-corrected chi connectivity index (χ4v) is 2.98. The summed E-state index contributed by atoms with van der Waals surface area (Å²) in [6.45, 7) is 1.44. The lowest BCUT2D eigenvalue weighted by Gasteiger charge is -2.16. The van der Waals surface area contributed by atoms with E-state index in [9.17, 15) is 18.5 Å². The summed E-state index contributed by atoms with van der Waals surface area (Å²) >= 11 is 5.84. The largest absolute Gasteiger partial charge is 0.275 e. The second-order valence-electron chi connectivity index (χ2n) is 4.04. The van der Waals surface area contributed by atoms with E-state index in [1.165, 1.54) is 20.0 Å². The van der Waals surface area contributed by atoms with Crippen molar-refractivity contribution < 1.29 is 13.3 Å². The highest BCUT2D eigenvalue weighted by atomic mass is 35.5. The molecule has 1 aromatic carbocycles. The summed E-state index contributed by atoms with van der Waals surface area (Å²) in [5.41, 5.74) is -0.153. The predicted molar refractivity (Wildman–Crippen MR) is 72.9 cm³/mol. The number of sulfonamides is 1. The molecule has 7 nitrogen and oxygen atoms in total. The molecule has 0 amide bonds. The van der Waals surface area contributed by atoms with Gasteiger partial charge < -0.3 is 0 Å². The Balaban J connectivity index is 3.33. The number of halogens is 1. The van der Waals surface area contributed by atoms with Gasteiger partial charge >= 0.3 is 0 Å². The first-order valence-electron chi connectivity index (χ1n) is 5.49. The maximum atomic E-state index is 12.2. The van der Waals surface area contributed by atoms with Crippen LogP contribution < -0.4 is 0 Å². The lowest BCUT2D eigenvalue weighted by atomic mass is 10.2. The number of nitrogens with zero attached hydrogens (tertiary/aromatic N) is 3. The first-order valence-corrected chi connectivity index (χ1v) is 7.31. The number of hydrogen-bond donors (Lipinski definition) is 0. The predicted octanol–water partition coefficient (Wildman–Crippen LogP) is 2.09. The SMILES string of the molecule is Cc1c(Cl)cc(S(=O)(=O)N(C)CCC#N)cc1[N+](=O)[O-]. The summed E-state index contributed by atoms with van der Waals surface area (Å²) in [7, 11) is -2.62. The zero-order valence-corrected chi connectivity index (χ0v) is 12.4. The summed E-state index contributed by atoms with van der Waals surface area (Å²) in [4.78, 5) is 9.94.